The van der Waals surface area contributed by atoms with Crippen LogP contribution in [0.25, 0.3) is 11.0 Å². The molecule has 0 bridgehead atoms. The van der Waals surface area contributed by atoms with Gasteiger partial charge in [-0.25, -0.2) is 9.97 Å². The van der Waals surface area contributed by atoms with Crippen LogP contribution in [0.15, 0.2) is 12.5 Å². The second-order valence-corrected chi connectivity index (χ2v) is 6.85. The first-order chi connectivity index (χ1) is 11.6. The van der Waals surface area contributed by atoms with E-state index in [1.165, 1.54) is 0 Å². The third-order valence-electron chi connectivity index (χ3n) is 5.30. The number of piperazine rings is 1. The van der Waals surface area contributed by atoms with Crippen LogP contribution in [0, 0.1) is 0 Å². The number of nitrogens with two attached hydrogens (primary N) is 1. The Morgan fingerprint density at radius 1 is 1.12 bits per heavy atom. The van der Waals surface area contributed by atoms with Gasteiger partial charge in [0.05, 0.1) is 17.1 Å². The van der Waals surface area contributed by atoms with Gasteiger partial charge in [-0.1, -0.05) is 12.8 Å². The summed E-state index contributed by atoms with van der Waals surface area (Å²) in [4.78, 5) is 25.6. The van der Waals surface area contributed by atoms with Gasteiger partial charge >= 0.3 is 0 Å². The van der Waals surface area contributed by atoms with E-state index in [1.54, 1.807) is 17.2 Å². The van der Waals surface area contributed by atoms with E-state index in [1.807, 2.05) is 11.9 Å². The number of amides is 1. The molecule has 2 aromatic rings. The largest absolute Gasteiger partial charge is 0.352 e. The van der Waals surface area contributed by atoms with E-state index in [0.29, 0.717) is 13.1 Å². The number of nitrogens with zero attached hydrogens (tertiary/aromatic N) is 6. The number of aryl methyl sites for hydroxylation is 1. The minimum Gasteiger partial charge on any atom is -0.352 e. The van der Waals surface area contributed by atoms with Crippen LogP contribution < -0.4 is 10.6 Å². The van der Waals surface area contributed by atoms with E-state index in [9.17, 15) is 4.79 Å². The summed E-state index contributed by atoms with van der Waals surface area (Å²) >= 11 is 0. The number of aromatic nitrogens is 4. The molecule has 2 aromatic heterocycles. The Labute approximate surface area is 164 Å². The number of hydrogen-bond acceptors (Lipinski definition) is 6. The summed E-state index contributed by atoms with van der Waals surface area (Å²) in [6, 6.07) is 0. The second-order valence-electron chi connectivity index (χ2n) is 6.85. The van der Waals surface area contributed by atoms with Gasteiger partial charge in [-0.3, -0.25) is 9.48 Å². The van der Waals surface area contributed by atoms with Crippen molar-refractivity contribution < 1.29 is 4.79 Å². The number of halogens is 2. The smallest absolute Gasteiger partial charge is 0.242 e. The monoisotopic (exact) mass is 401 g/mol. The molecule has 2 N–H and O–H groups in total. The van der Waals surface area contributed by atoms with Crippen molar-refractivity contribution in [3.8, 4) is 0 Å². The normalized spacial score (nSPS) is 19.2. The molecule has 0 unspecified atom stereocenters. The molecule has 1 aliphatic heterocycles. The van der Waals surface area contributed by atoms with E-state index in [0.717, 1.165) is 55.6 Å². The fourth-order valence-corrected chi connectivity index (χ4v) is 3.86. The van der Waals surface area contributed by atoms with Gasteiger partial charge < -0.3 is 15.5 Å². The summed E-state index contributed by atoms with van der Waals surface area (Å²) in [6.45, 7) is 2.87. The zero-order valence-electron chi connectivity index (χ0n) is 14.8. The number of hydrogen-bond donors (Lipinski definition) is 1. The number of carbonyl (C=O) groups excluding carboxylic acids is 1. The van der Waals surface area contributed by atoms with Gasteiger partial charge in [0.1, 0.15) is 12.1 Å². The van der Waals surface area contributed by atoms with Crippen molar-refractivity contribution in [3.05, 3.63) is 12.5 Å². The molecular weight excluding hydrogens is 377 g/mol. The number of rotatable bonds is 2. The van der Waals surface area contributed by atoms with E-state index < -0.39 is 5.54 Å². The Morgan fingerprint density at radius 2 is 1.77 bits per heavy atom. The SMILES string of the molecule is Cl.Cl.Cn1ncc2c(N3CCN(C(=O)C4(N)CCCC4)CC3)ncnc21. The van der Waals surface area contributed by atoms with Gasteiger partial charge in [-0.15, -0.1) is 24.8 Å². The standard InChI is InChI=1S/C16H23N7O.2ClH/c1-21-13-12(10-20-21)14(19-11-18-13)22-6-8-23(9-7-22)15(24)16(17)4-2-3-5-16;;/h10-11H,2-9,17H2,1H3;2*1H. The molecule has 8 nitrogen and oxygen atoms in total. The van der Waals surface area contributed by atoms with Crippen molar-refractivity contribution in [2.24, 2.45) is 12.8 Å². The molecule has 0 radical (unpaired) electrons. The lowest BCUT2D eigenvalue weighted by molar-refractivity contribution is -0.137. The summed E-state index contributed by atoms with van der Waals surface area (Å²) in [5.74, 6) is 1.01. The molecule has 26 heavy (non-hydrogen) atoms. The third-order valence-corrected chi connectivity index (χ3v) is 5.30. The zero-order chi connectivity index (χ0) is 16.7. The first kappa shape index (κ1) is 20.7. The quantitative estimate of drug-likeness (QED) is 0.810. The molecule has 4 rings (SSSR count). The Balaban J connectivity index is 0.00000121. The lowest BCUT2D eigenvalue weighted by atomic mass is 9.97. The Kier molecular flexibility index (Phi) is 6.31. The molecule has 0 atom stereocenters. The van der Waals surface area contributed by atoms with Crippen LogP contribution in [0.4, 0.5) is 5.82 Å². The molecule has 3 heterocycles. The second kappa shape index (κ2) is 7.94. The Hall–Kier alpha value is -1.64. The van der Waals surface area contributed by atoms with Crippen LogP contribution >= 0.6 is 24.8 Å². The number of carbonyl (C=O) groups is 1. The molecule has 1 aliphatic carbocycles. The van der Waals surface area contributed by atoms with Crippen molar-refractivity contribution >= 4 is 47.6 Å². The van der Waals surface area contributed by atoms with Crippen molar-refractivity contribution in [2.45, 2.75) is 31.2 Å². The zero-order valence-corrected chi connectivity index (χ0v) is 16.4. The van der Waals surface area contributed by atoms with E-state index in [2.05, 4.69) is 20.0 Å². The number of anilines is 1. The highest BCUT2D eigenvalue weighted by Crippen LogP contribution is 2.30. The molecule has 144 valence electrons. The topological polar surface area (TPSA) is 93.2 Å². The van der Waals surface area contributed by atoms with Crippen molar-refractivity contribution in [2.75, 3.05) is 31.1 Å². The van der Waals surface area contributed by atoms with Crippen LogP contribution in [-0.4, -0.2) is 62.3 Å². The molecule has 1 saturated carbocycles. The first-order valence-corrected chi connectivity index (χ1v) is 8.54. The van der Waals surface area contributed by atoms with Gasteiger partial charge in [-0.05, 0) is 12.8 Å². The van der Waals surface area contributed by atoms with Gasteiger partial charge in [0.2, 0.25) is 5.91 Å². The molecular formula is C16H25Cl2N7O. The lowest BCUT2D eigenvalue weighted by Crippen LogP contribution is -2.58. The predicted molar refractivity (Wildman–Crippen MR) is 105 cm³/mol. The van der Waals surface area contributed by atoms with Crippen LogP contribution in [0.1, 0.15) is 25.7 Å². The minimum atomic E-state index is -0.631. The molecule has 0 spiro atoms. The fraction of sp³-hybridized carbons (Fsp3) is 0.625. The fourth-order valence-electron chi connectivity index (χ4n) is 3.86. The summed E-state index contributed by atoms with van der Waals surface area (Å²) in [6.07, 6.45) is 7.12. The van der Waals surface area contributed by atoms with Crippen LogP contribution in [0.5, 0.6) is 0 Å². The summed E-state index contributed by atoms with van der Waals surface area (Å²) < 4.78 is 1.75. The van der Waals surface area contributed by atoms with Gasteiger partial charge in [-0.2, -0.15) is 5.10 Å². The maximum Gasteiger partial charge on any atom is 0.242 e. The predicted octanol–water partition coefficient (Wildman–Crippen LogP) is 1.13. The molecule has 1 saturated heterocycles. The van der Waals surface area contributed by atoms with E-state index in [4.69, 9.17) is 5.73 Å². The van der Waals surface area contributed by atoms with E-state index in [-0.39, 0.29) is 30.7 Å². The van der Waals surface area contributed by atoms with Crippen molar-refractivity contribution in [1.82, 2.24) is 24.6 Å². The lowest BCUT2D eigenvalue weighted by Gasteiger charge is -2.39. The van der Waals surface area contributed by atoms with Gasteiger partial charge in [0.25, 0.3) is 0 Å². The molecule has 1 amide bonds. The summed E-state index contributed by atoms with van der Waals surface area (Å²) in [5.41, 5.74) is 6.51. The number of fused-ring (bicyclic) bond motifs is 1. The Bertz CT molecular complexity index is 767. The third kappa shape index (κ3) is 3.45. The van der Waals surface area contributed by atoms with E-state index >= 15 is 0 Å². The highest BCUT2D eigenvalue weighted by Gasteiger charge is 2.40. The maximum absolute atomic E-state index is 12.7. The summed E-state index contributed by atoms with van der Waals surface area (Å²) in [7, 11) is 1.87. The highest BCUT2D eigenvalue weighted by atomic mass is 35.5. The van der Waals surface area contributed by atoms with Gasteiger partial charge in [0, 0.05) is 33.2 Å². The minimum absolute atomic E-state index is 0. The average molecular weight is 402 g/mol. The summed E-state index contributed by atoms with van der Waals surface area (Å²) in [5, 5.41) is 5.21. The molecule has 10 heteroatoms. The first-order valence-electron chi connectivity index (χ1n) is 8.54. The van der Waals surface area contributed by atoms with Crippen LogP contribution in [-0.2, 0) is 11.8 Å². The van der Waals surface area contributed by atoms with Crippen molar-refractivity contribution in [3.63, 3.8) is 0 Å². The molecule has 2 fully saturated rings. The Morgan fingerprint density at radius 3 is 2.42 bits per heavy atom. The molecule has 0 aromatic carbocycles. The van der Waals surface area contributed by atoms with Gasteiger partial charge in [0.15, 0.2) is 5.65 Å². The average Bonchev–Trinajstić information content (AvgIpc) is 3.22. The van der Waals surface area contributed by atoms with Crippen LogP contribution in [0.3, 0.4) is 0 Å². The maximum atomic E-state index is 12.7. The van der Waals surface area contributed by atoms with Crippen molar-refractivity contribution in [1.29, 1.82) is 0 Å². The van der Waals surface area contributed by atoms with Crippen LogP contribution in [0.2, 0.25) is 0 Å². The highest BCUT2D eigenvalue weighted by molar-refractivity contribution is 5.88. The molecule has 2 aliphatic rings.